The van der Waals surface area contributed by atoms with Crippen LogP contribution >= 0.6 is 0 Å². The molecule has 0 aliphatic carbocycles. The van der Waals surface area contributed by atoms with Gasteiger partial charge in [-0.25, -0.2) is 4.39 Å². The number of nitrogens with zero attached hydrogens (tertiary/aromatic N) is 2. The van der Waals surface area contributed by atoms with Crippen molar-refractivity contribution >= 4 is 11.7 Å². The second-order valence-corrected chi connectivity index (χ2v) is 4.51. The summed E-state index contributed by atoms with van der Waals surface area (Å²) in [5, 5.41) is 16.2. The predicted molar refractivity (Wildman–Crippen MR) is 67.0 cm³/mol. The van der Waals surface area contributed by atoms with Gasteiger partial charge in [-0.2, -0.15) is 5.10 Å². The number of H-pyrrole nitrogens is 1. The molecule has 1 unspecified atom stereocenters. The molecular weight excluding hydrogens is 249 g/mol. The lowest BCUT2D eigenvalue weighted by atomic mass is 10.1. The van der Waals surface area contributed by atoms with Crippen LogP contribution in [0.15, 0.2) is 30.3 Å². The van der Waals surface area contributed by atoms with E-state index in [-0.39, 0.29) is 24.7 Å². The van der Waals surface area contributed by atoms with E-state index >= 15 is 0 Å². The SMILES string of the molecule is O=C1CC(O)CN1c1cc(-c2cccc(F)c2)[nH]n1. The van der Waals surface area contributed by atoms with E-state index in [1.807, 2.05) is 0 Å². The van der Waals surface area contributed by atoms with E-state index < -0.39 is 6.10 Å². The van der Waals surface area contributed by atoms with Gasteiger partial charge in [-0.15, -0.1) is 0 Å². The molecule has 0 radical (unpaired) electrons. The van der Waals surface area contributed by atoms with Crippen LogP contribution in [0.2, 0.25) is 0 Å². The first-order valence-electron chi connectivity index (χ1n) is 5.93. The number of hydrogen-bond donors (Lipinski definition) is 2. The number of carbonyl (C=O) groups is 1. The molecule has 6 heteroatoms. The van der Waals surface area contributed by atoms with Gasteiger partial charge in [0.2, 0.25) is 5.91 Å². The summed E-state index contributed by atoms with van der Waals surface area (Å²) in [6.07, 6.45) is -0.538. The maximum absolute atomic E-state index is 13.1. The molecule has 98 valence electrons. The minimum atomic E-state index is -0.651. The Bertz CT molecular complexity index is 626. The molecule has 1 amide bonds. The molecule has 0 spiro atoms. The average molecular weight is 261 g/mol. The van der Waals surface area contributed by atoms with Crippen molar-refractivity contribution in [3.8, 4) is 11.3 Å². The highest BCUT2D eigenvalue weighted by molar-refractivity contribution is 5.95. The second-order valence-electron chi connectivity index (χ2n) is 4.51. The number of rotatable bonds is 2. The predicted octanol–water partition coefficient (Wildman–Crippen LogP) is 1.31. The highest BCUT2D eigenvalue weighted by Gasteiger charge is 2.30. The van der Waals surface area contributed by atoms with Gasteiger partial charge in [-0.3, -0.25) is 14.8 Å². The van der Waals surface area contributed by atoms with E-state index in [9.17, 15) is 14.3 Å². The molecule has 2 aromatic rings. The molecule has 1 saturated heterocycles. The topological polar surface area (TPSA) is 69.2 Å². The van der Waals surface area contributed by atoms with E-state index in [1.165, 1.54) is 17.0 Å². The van der Waals surface area contributed by atoms with Crippen LogP contribution < -0.4 is 4.90 Å². The highest BCUT2D eigenvalue weighted by atomic mass is 19.1. The monoisotopic (exact) mass is 261 g/mol. The van der Waals surface area contributed by atoms with Gasteiger partial charge in [-0.05, 0) is 12.1 Å². The third kappa shape index (κ3) is 2.22. The van der Waals surface area contributed by atoms with E-state index in [2.05, 4.69) is 10.2 Å². The van der Waals surface area contributed by atoms with Gasteiger partial charge in [0.05, 0.1) is 24.8 Å². The molecule has 3 rings (SSSR count). The molecule has 1 atom stereocenters. The largest absolute Gasteiger partial charge is 0.391 e. The summed E-state index contributed by atoms with van der Waals surface area (Å²) < 4.78 is 13.1. The molecular formula is C13H12FN3O2. The molecule has 0 bridgehead atoms. The van der Waals surface area contributed by atoms with Crippen LogP contribution in [0.4, 0.5) is 10.2 Å². The van der Waals surface area contributed by atoms with Crippen LogP contribution in [0.1, 0.15) is 6.42 Å². The zero-order valence-electron chi connectivity index (χ0n) is 10.0. The normalized spacial score (nSPS) is 19.2. The van der Waals surface area contributed by atoms with Crippen molar-refractivity contribution in [3.05, 3.63) is 36.1 Å². The first kappa shape index (κ1) is 11.9. The van der Waals surface area contributed by atoms with Crippen LogP contribution in [-0.2, 0) is 4.79 Å². The number of hydrogen-bond acceptors (Lipinski definition) is 3. The van der Waals surface area contributed by atoms with Gasteiger partial charge >= 0.3 is 0 Å². The molecule has 1 aliphatic heterocycles. The molecule has 1 aliphatic rings. The maximum Gasteiger partial charge on any atom is 0.230 e. The third-order valence-corrected chi connectivity index (χ3v) is 3.08. The van der Waals surface area contributed by atoms with Gasteiger partial charge < -0.3 is 5.11 Å². The van der Waals surface area contributed by atoms with E-state index in [1.54, 1.807) is 18.2 Å². The third-order valence-electron chi connectivity index (χ3n) is 3.08. The summed E-state index contributed by atoms with van der Waals surface area (Å²) in [6, 6.07) is 7.78. The lowest BCUT2D eigenvalue weighted by Gasteiger charge is -2.10. The van der Waals surface area contributed by atoms with Crippen molar-refractivity contribution in [2.45, 2.75) is 12.5 Å². The summed E-state index contributed by atoms with van der Waals surface area (Å²) in [5.41, 5.74) is 1.29. The quantitative estimate of drug-likeness (QED) is 0.856. The summed E-state index contributed by atoms with van der Waals surface area (Å²) in [5.74, 6) is -0.0491. The Balaban J connectivity index is 1.90. The Morgan fingerprint density at radius 1 is 1.42 bits per heavy atom. The van der Waals surface area contributed by atoms with Crippen molar-refractivity contribution in [2.75, 3.05) is 11.4 Å². The maximum atomic E-state index is 13.1. The number of aliphatic hydroxyl groups is 1. The average Bonchev–Trinajstić information content (AvgIpc) is 2.96. The van der Waals surface area contributed by atoms with Crippen LogP contribution in [0.25, 0.3) is 11.3 Å². The minimum absolute atomic E-state index is 0.113. The van der Waals surface area contributed by atoms with Crippen LogP contribution in [0.3, 0.4) is 0 Å². The first-order chi connectivity index (χ1) is 9.13. The van der Waals surface area contributed by atoms with Crippen molar-refractivity contribution in [2.24, 2.45) is 0 Å². The van der Waals surface area contributed by atoms with E-state index in [4.69, 9.17) is 0 Å². The molecule has 1 fully saturated rings. The Morgan fingerprint density at radius 2 is 2.26 bits per heavy atom. The van der Waals surface area contributed by atoms with Gasteiger partial charge in [0.1, 0.15) is 5.82 Å². The molecule has 1 aromatic heterocycles. The second kappa shape index (κ2) is 4.47. The zero-order valence-corrected chi connectivity index (χ0v) is 10.0. The lowest BCUT2D eigenvalue weighted by Crippen LogP contribution is -2.25. The Hall–Kier alpha value is -2.21. The van der Waals surface area contributed by atoms with E-state index in [0.717, 1.165) is 0 Å². The smallest absolute Gasteiger partial charge is 0.230 e. The van der Waals surface area contributed by atoms with Crippen molar-refractivity contribution in [1.82, 2.24) is 10.2 Å². The molecule has 2 heterocycles. The number of amides is 1. The number of halogens is 1. The van der Waals surface area contributed by atoms with Crippen LogP contribution in [0, 0.1) is 5.82 Å². The number of aromatic amines is 1. The fourth-order valence-electron chi connectivity index (χ4n) is 2.16. The lowest BCUT2D eigenvalue weighted by molar-refractivity contribution is -0.117. The number of carbonyl (C=O) groups excluding carboxylic acids is 1. The van der Waals surface area contributed by atoms with Gasteiger partial charge in [0.15, 0.2) is 5.82 Å². The summed E-state index contributed by atoms with van der Waals surface area (Å²) in [7, 11) is 0. The molecule has 0 saturated carbocycles. The Labute approximate surface area is 108 Å². The number of nitrogens with one attached hydrogen (secondary N) is 1. The summed E-state index contributed by atoms with van der Waals surface area (Å²) in [6.45, 7) is 0.242. The highest BCUT2D eigenvalue weighted by Crippen LogP contribution is 2.25. The van der Waals surface area contributed by atoms with E-state index in [0.29, 0.717) is 17.1 Å². The fourth-order valence-corrected chi connectivity index (χ4v) is 2.16. The number of β-amino-alcohol motifs (C(OH)–C–C–N with tert-alkyl or cyclic N) is 1. The van der Waals surface area contributed by atoms with Crippen molar-refractivity contribution < 1.29 is 14.3 Å². The first-order valence-corrected chi connectivity index (χ1v) is 5.93. The van der Waals surface area contributed by atoms with Crippen LogP contribution in [0.5, 0.6) is 0 Å². The molecule has 19 heavy (non-hydrogen) atoms. The number of anilines is 1. The van der Waals surface area contributed by atoms with Crippen LogP contribution in [-0.4, -0.2) is 33.9 Å². The fraction of sp³-hybridized carbons (Fsp3) is 0.231. The van der Waals surface area contributed by atoms with Gasteiger partial charge in [0.25, 0.3) is 0 Å². The summed E-state index contributed by atoms with van der Waals surface area (Å²) in [4.78, 5) is 13.1. The standard InChI is InChI=1S/C13H12FN3O2/c14-9-3-1-2-8(4-9)11-6-12(16-15-11)17-7-10(18)5-13(17)19/h1-4,6,10,18H,5,7H2,(H,15,16). The zero-order chi connectivity index (χ0) is 13.4. The number of aliphatic hydroxyl groups excluding tert-OH is 1. The van der Waals surface area contributed by atoms with Gasteiger partial charge in [0, 0.05) is 11.6 Å². The molecule has 1 aromatic carbocycles. The molecule has 5 nitrogen and oxygen atoms in total. The Morgan fingerprint density at radius 3 is 2.95 bits per heavy atom. The molecule has 2 N–H and O–H groups in total. The minimum Gasteiger partial charge on any atom is -0.391 e. The van der Waals surface area contributed by atoms with Crippen molar-refractivity contribution in [1.29, 1.82) is 0 Å². The van der Waals surface area contributed by atoms with Gasteiger partial charge in [-0.1, -0.05) is 12.1 Å². The van der Waals surface area contributed by atoms with Crippen molar-refractivity contribution in [3.63, 3.8) is 0 Å². The number of aromatic nitrogens is 2. The number of benzene rings is 1. The summed E-state index contributed by atoms with van der Waals surface area (Å²) >= 11 is 0. The Kier molecular flexibility index (Phi) is 2.79.